The molecule has 0 atom stereocenters. The highest BCUT2D eigenvalue weighted by molar-refractivity contribution is 7.89. The zero-order chi connectivity index (χ0) is 19.9. The number of rotatable bonds is 9. The highest BCUT2D eigenvalue weighted by atomic mass is 32.2. The van der Waals surface area contributed by atoms with Crippen molar-refractivity contribution in [2.45, 2.75) is 38.3 Å². The van der Waals surface area contributed by atoms with Crippen LogP contribution in [0.1, 0.15) is 28.7 Å². The number of nitrogens with one attached hydrogen (secondary N) is 2. The number of benzene rings is 2. The lowest BCUT2D eigenvalue weighted by Gasteiger charge is -2.11. The van der Waals surface area contributed by atoms with Crippen molar-refractivity contribution in [2.24, 2.45) is 0 Å². The molecule has 2 aromatic rings. The summed E-state index contributed by atoms with van der Waals surface area (Å²) >= 11 is 0. The van der Waals surface area contributed by atoms with Crippen molar-refractivity contribution in [3.63, 3.8) is 0 Å². The predicted molar refractivity (Wildman–Crippen MR) is 105 cm³/mol. The summed E-state index contributed by atoms with van der Waals surface area (Å²) in [5.41, 5.74) is 3.92. The Bertz CT molecular complexity index is 895. The Hall–Kier alpha value is -2.22. The van der Waals surface area contributed by atoms with Gasteiger partial charge in [-0.05, 0) is 48.2 Å². The summed E-state index contributed by atoms with van der Waals surface area (Å²) < 4.78 is 32.3. The van der Waals surface area contributed by atoms with E-state index >= 15 is 0 Å². The van der Waals surface area contributed by atoms with E-state index in [0.717, 1.165) is 22.3 Å². The molecule has 0 fully saturated rings. The van der Waals surface area contributed by atoms with Crippen molar-refractivity contribution in [1.82, 2.24) is 10.0 Å². The highest BCUT2D eigenvalue weighted by Crippen LogP contribution is 2.14. The van der Waals surface area contributed by atoms with Crippen LogP contribution in [0, 0.1) is 13.8 Å². The van der Waals surface area contributed by atoms with Crippen molar-refractivity contribution in [3.8, 4) is 0 Å². The highest BCUT2D eigenvalue weighted by Gasteiger charge is 2.15. The third-order valence-corrected chi connectivity index (χ3v) is 5.79. The smallest absolute Gasteiger partial charge is 0.240 e. The minimum Gasteiger partial charge on any atom is -0.380 e. The molecule has 7 heteroatoms. The van der Waals surface area contributed by atoms with E-state index in [9.17, 15) is 13.2 Å². The third-order valence-electron chi connectivity index (χ3n) is 4.33. The van der Waals surface area contributed by atoms with Crippen molar-refractivity contribution < 1.29 is 17.9 Å². The fraction of sp³-hybridized carbons (Fsp3) is 0.350. The molecule has 0 bridgehead atoms. The largest absolute Gasteiger partial charge is 0.380 e. The Balaban J connectivity index is 1.84. The lowest BCUT2D eigenvalue weighted by molar-refractivity contribution is -0.121. The van der Waals surface area contributed by atoms with Gasteiger partial charge in [-0.1, -0.05) is 30.3 Å². The second kappa shape index (κ2) is 9.64. The molecule has 0 aromatic heterocycles. The maximum absolute atomic E-state index is 12.3. The van der Waals surface area contributed by atoms with Crippen LogP contribution in [0.3, 0.4) is 0 Å². The van der Waals surface area contributed by atoms with E-state index in [1.54, 1.807) is 25.3 Å². The summed E-state index contributed by atoms with van der Waals surface area (Å²) in [5.74, 6) is -0.218. The molecular formula is C20H26N2O4S. The van der Waals surface area contributed by atoms with Crippen LogP contribution >= 0.6 is 0 Å². The van der Waals surface area contributed by atoms with Gasteiger partial charge in [-0.15, -0.1) is 0 Å². The van der Waals surface area contributed by atoms with Gasteiger partial charge in [-0.25, -0.2) is 13.1 Å². The van der Waals surface area contributed by atoms with Gasteiger partial charge in [0.2, 0.25) is 15.9 Å². The number of aryl methyl sites for hydroxylation is 2. The summed E-state index contributed by atoms with van der Waals surface area (Å²) in [4.78, 5) is 12.2. The first-order valence-electron chi connectivity index (χ1n) is 8.73. The molecule has 2 rings (SSSR count). The molecule has 0 aliphatic carbocycles. The van der Waals surface area contributed by atoms with Crippen molar-refractivity contribution in [2.75, 3.05) is 13.7 Å². The van der Waals surface area contributed by atoms with E-state index in [1.165, 1.54) is 0 Å². The fourth-order valence-corrected chi connectivity index (χ4v) is 3.69. The van der Waals surface area contributed by atoms with Gasteiger partial charge in [-0.2, -0.15) is 0 Å². The number of hydrogen-bond acceptors (Lipinski definition) is 4. The number of hydrogen-bond donors (Lipinski definition) is 2. The van der Waals surface area contributed by atoms with Gasteiger partial charge in [0.05, 0.1) is 11.5 Å². The zero-order valence-corrected chi connectivity index (χ0v) is 16.7. The van der Waals surface area contributed by atoms with Crippen LogP contribution < -0.4 is 10.0 Å². The van der Waals surface area contributed by atoms with Crippen LogP contribution in [0.25, 0.3) is 0 Å². The predicted octanol–water partition coefficient (Wildman–Crippen LogP) is 2.43. The topological polar surface area (TPSA) is 84.5 Å². The van der Waals surface area contributed by atoms with E-state index < -0.39 is 10.0 Å². The van der Waals surface area contributed by atoms with Gasteiger partial charge in [0.25, 0.3) is 0 Å². The second-order valence-electron chi connectivity index (χ2n) is 6.37. The van der Waals surface area contributed by atoms with E-state index in [2.05, 4.69) is 10.0 Å². The molecular weight excluding hydrogens is 364 g/mol. The summed E-state index contributed by atoms with van der Waals surface area (Å²) in [5, 5.41) is 2.81. The lowest BCUT2D eigenvalue weighted by atomic mass is 10.1. The average molecular weight is 391 g/mol. The van der Waals surface area contributed by atoms with Crippen molar-refractivity contribution >= 4 is 15.9 Å². The summed E-state index contributed by atoms with van der Waals surface area (Å²) in [7, 11) is -2.00. The van der Waals surface area contributed by atoms with Crippen LogP contribution in [0.5, 0.6) is 0 Å². The quantitative estimate of drug-likeness (QED) is 0.689. The van der Waals surface area contributed by atoms with Crippen LogP contribution in [0.15, 0.2) is 47.4 Å². The van der Waals surface area contributed by atoms with E-state index in [-0.39, 0.29) is 23.8 Å². The second-order valence-corrected chi connectivity index (χ2v) is 8.14. The van der Waals surface area contributed by atoms with Gasteiger partial charge < -0.3 is 10.1 Å². The van der Waals surface area contributed by atoms with Gasteiger partial charge in [0, 0.05) is 26.6 Å². The average Bonchev–Trinajstić information content (AvgIpc) is 2.63. The van der Waals surface area contributed by atoms with Crippen LogP contribution in [0.4, 0.5) is 0 Å². The first-order chi connectivity index (χ1) is 12.8. The molecule has 6 nitrogen and oxygen atoms in total. The molecule has 2 N–H and O–H groups in total. The molecule has 1 amide bonds. The molecule has 0 radical (unpaired) electrons. The van der Waals surface area contributed by atoms with E-state index in [4.69, 9.17) is 4.74 Å². The number of ether oxygens (including phenoxy) is 1. The minimum atomic E-state index is -3.62. The molecule has 0 saturated carbocycles. The first-order valence-corrected chi connectivity index (χ1v) is 10.2. The lowest BCUT2D eigenvalue weighted by Crippen LogP contribution is -2.30. The van der Waals surface area contributed by atoms with E-state index in [0.29, 0.717) is 13.2 Å². The monoisotopic (exact) mass is 390 g/mol. The molecule has 0 aliphatic rings. The number of carbonyl (C=O) groups excluding carboxylic acids is 1. The molecule has 0 aliphatic heterocycles. The molecule has 27 heavy (non-hydrogen) atoms. The van der Waals surface area contributed by atoms with Gasteiger partial charge in [0.15, 0.2) is 0 Å². The summed E-state index contributed by atoms with van der Waals surface area (Å²) in [6.45, 7) is 4.68. The minimum absolute atomic E-state index is 0.0425. The number of carbonyl (C=O) groups is 1. The maximum atomic E-state index is 12.3. The molecule has 0 spiro atoms. The van der Waals surface area contributed by atoms with Crippen LogP contribution in [0.2, 0.25) is 0 Å². The van der Waals surface area contributed by atoms with Gasteiger partial charge in [0.1, 0.15) is 0 Å². The Kier molecular flexibility index (Phi) is 7.53. The van der Waals surface area contributed by atoms with Gasteiger partial charge in [-0.3, -0.25) is 4.79 Å². The zero-order valence-electron chi connectivity index (χ0n) is 15.9. The molecule has 146 valence electrons. The SMILES string of the molecule is COCc1ccccc1CNC(=O)CCNS(=O)(=O)c1ccc(C)c(C)c1. The maximum Gasteiger partial charge on any atom is 0.240 e. The summed E-state index contributed by atoms with van der Waals surface area (Å²) in [6.07, 6.45) is 0.0660. The number of amides is 1. The fourth-order valence-electron chi connectivity index (χ4n) is 2.57. The standard InChI is InChI=1S/C20H26N2O4S/c1-15-8-9-19(12-16(15)2)27(24,25)22-11-10-20(23)21-13-17-6-4-5-7-18(17)14-26-3/h4-9,12,22H,10-11,13-14H2,1-3H3,(H,21,23). The van der Waals surface area contributed by atoms with Crippen LogP contribution in [-0.2, 0) is 32.7 Å². The van der Waals surface area contributed by atoms with Crippen molar-refractivity contribution in [1.29, 1.82) is 0 Å². The molecule has 0 saturated heterocycles. The molecule has 0 unspecified atom stereocenters. The third kappa shape index (κ3) is 6.16. The molecule has 0 heterocycles. The Morgan fingerprint density at radius 2 is 1.74 bits per heavy atom. The Labute approximate surface area is 161 Å². The van der Waals surface area contributed by atoms with E-state index in [1.807, 2.05) is 38.1 Å². The number of methoxy groups -OCH3 is 1. The Morgan fingerprint density at radius 3 is 2.41 bits per heavy atom. The summed E-state index contributed by atoms with van der Waals surface area (Å²) in [6, 6.07) is 12.7. The van der Waals surface area contributed by atoms with Gasteiger partial charge >= 0.3 is 0 Å². The molecule has 2 aromatic carbocycles. The Morgan fingerprint density at radius 1 is 1.04 bits per heavy atom. The normalized spacial score (nSPS) is 11.4. The number of sulfonamides is 1. The van der Waals surface area contributed by atoms with Crippen molar-refractivity contribution in [3.05, 3.63) is 64.7 Å². The first kappa shape index (κ1) is 21.1. The van der Waals surface area contributed by atoms with Crippen LogP contribution in [-0.4, -0.2) is 28.0 Å².